The van der Waals surface area contributed by atoms with Crippen molar-refractivity contribution >= 4 is 17.5 Å². The molecule has 0 spiro atoms. The molecule has 0 bridgehead atoms. The summed E-state index contributed by atoms with van der Waals surface area (Å²) in [6.45, 7) is 4.34. The van der Waals surface area contributed by atoms with Crippen molar-refractivity contribution in [1.82, 2.24) is 4.90 Å². The van der Waals surface area contributed by atoms with Gasteiger partial charge in [-0.1, -0.05) is 17.7 Å². The third-order valence-corrected chi connectivity index (χ3v) is 3.70. The Morgan fingerprint density at radius 2 is 2.18 bits per heavy atom. The van der Waals surface area contributed by atoms with Crippen molar-refractivity contribution in [3.8, 4) is 5.75 Å². The summed E-state index contributed by atoms with van der Waals surface area (Å²) in [4.78, 5) is 14.0. The maximum Gasteiger partial charge on any atom is 0.263 e. The highest BCUT2D eigenvalue weighted by Crippen LogP contribution is 2.20. The van der Waals surface area contributed by atoms with E-state index < -0.39 is 6.10 Å². The van der Waals surface area contributed by atoms with Gasteiger partial charge in [-0.15, -0.1) is 0 Å². The lowest BCUT2D eigenvalue weighted by molar-refractivity contribution is -0.151. The van der Waals surface area contributed by atoms with Crippen LogP contribution in [0, 0.1) is 0 Å². The van der Waals surface area contributed by atoms with Crippen molar-refractivity contribution in [2.24, 2.45) is 0 Å². The molecule has 1 aliphatic heterocycles. The summed E-state index contributed by atoms with van der Waals surface area (Å²) in [5.74, 6) is 0.568. The summed E-state index contributed by atoms with van der Waals surface area (Å²) >= 11 is 5.90. The average Bonchev–Trinajstić information content (AvgIpc) is 2.44. The molecule has 0 aliphatic carbocycles. The van der Waals surface area contributed by atoms with E-state index in [1.165, 1.54) is 0 Å². The van der Waals surface area contributed by atoms with Gasteiger partial charge in [0.1, 0.15) is 5.75 Å². The average molecular weight is 328 g/mol. The number of carbonyl (C=O) groups is 1. The summed E-state index contributed by atoms with van der Waals surface area (Å²) < 4.78 is 16.2. The first-order valence-electron chi connectivity index (χ1n) is 7.41. The molecule has 0 saturated carbocycles. The van der Waals surface area contributed by atoms with E-state index in [9.17, 15) is 4.79 Å². The maximum absolute atomic E-state index is 12.2. The third kappa shape index (κ3) is 4.87. The molecule has 1 saturated heterocycles. The van der Waals surface area contributed by atoms with Gasteiger partial charge in [-0.3, -0.25) is 4.79 Å². The van der Waals surface area contributed by atoms with E-state index in [0.29, 0.717) is 37.1 Å². The smallest absolute Gasteiger partial charge is 0.263 e. The Morgan fingerprint density at radius 3 is 2.86 bits per heavy atom. The van der Waals surface area contributed by atoms with Crippen LogP contribution in [-0.4, -0.2) is 56.4 Å². The summed E-state index contributed by atoms with van der Waals surface area (Å²) in [6, 6.07) is 7.04. The minimum Gasteiger partial charge on any atom is -0.481 e. The Labute approximate surface area is 136 Å². The fourth-order valence-corrected chi connectivity index (χ4v) is 2.41. The summed E-state index contributed by atoms with van der Waals surface area (Å²) in [5.41, 5.74) is 0. The lowest BCUT2D eigenvalue weighted by atomic mass is 10.1. The Bertz CT molecular complexity index is 491. The number of hydrogen-bond donors (Lipinski definition) is 0. The predicted molar refractivity (Wildman–Crippen MR) is 84.4 cm³/mol. The molecule has 1 amide bonds. The molecule has 0 unspecified atom stereocenters. The van der Waals surface area contributed by atoms with E-state index in [0.717, 1.165) is 6.42 Å². The van der Waals surface area contributed by atoms with E-state index in [4.69, 9.17) is 25.8 Å². The molecule has 1 heterocycles. The third-order valence-electron chi connectivity index (χ3n) is 3.46. The van der Waals surface area contributed by atoms with Crippen LogP contribution in [0.3, 0.4) is 0 Å². The Kier molecular flexibility index (Phi) is 6.49. The minimum atomic E-state index is -0.534. The van der Waals surface area contributed by atoms with Crippen LogP contribution in [0.4, 0.5) is 0 Å². The Morgan fingerprint density at radius 1 is 1.41 bits per heavy atom. The maximum atomic E-state index is 12.2. The summed E-state index contributed by atoms with van der Waals surface area (Å²) in [7, 11) is 1.67. The number of rotatable bonds is 8. The number of amides is 1. The summed E-state index contributed by atoms with van der Waals surface area (Å²) in [6.07, 6.45) is 0.460. The van der Waals surface area contributed by atoms with Gasteiger partial charge in [-0.05, 0) is 31.5 Å². The molecular weight excluding hydrogens is 306 g/mol. The van der Waals surface area contributed by atoms with Crippen molar-refractivity contribution in [3.05, 3.63) is 29.3 Å². The van der Waals surface area contributed by atoms with Gasteiger partial charge in [-0.2, -0.15) is 0 Å². The van der Waals surface area contributed by atoms with Gasteiger partial charge in [0.2, 0.25) is 0 Å². The number of halogens is 1. The molecule has 122 valence electrons. The van der Waals surface area contributed by atoms with Crippen molar-refractivity contribution in [1.29, 1.82) is 0 Å². The van der Waals surface area contributed by atoms with Gasteiger partial charge >= 0.3 is 0 Å². The number of ether oxygens (including phenoxy) is 3. The monoisotopic (exact) mass is 327 g/mol. The van der Waals surface area contributed by atoms with Crippen LogP contribution in [0.5, 0.6) is 5.75 Å². The zero-order valence-corrected chi connectivity index (χ0v) is 13.7. The first kappa shape index (κ1) is 17.1. The number of carbonyl (C=O) groups excluding carboxylic acids is 1. The van der Waals surface area contributed by atoms with Crippen LogP contribution in [0.2, 0.25) is 5.02 Å². The molecule has 2 rings (SSSR count). The lowest BCUT2D eigenvalue weighted by Crippen LogP contribution is -2.57. The fourth-order valence-electron chi connectivity index (χ4n) is 2.23. The van der Waals surface area contributed by atoms with Gasteiger partial charge < -0.3 is 19.1 Å². The highest BCUT2D eigenvalue weighted by molar-refractivity contribution is 6.30. The fraction of sp³-hybridized carbons (Fsp3) is 0.562. The number of nitrogens with zero attached hydrogens (tertiary/aromatic N) is 1. The van der Waals surface area contributed by atoms with Crippen molar-refractivity contribution < 1.29 is 19.0 Å². The van der Waals surface area contributed by atoms with Gasteiger partial charge in [0.15, 0.2) is 6.10 Å². The van der Waals surface area contributed by atoms with Crippen molar-refractivity contribution in [2.75, 3.05) is 33.4 Å². The molecule has 5 nitrogen and oxygen atoms in total. The lowest BCUT2D eigenvalue weighted by Gasteiger charge is -2.40. The van der Waals surface area contributed by atoms with Gasteiger partial charge in [0, 0.05) is 38.4 Å². The van der Waals surface area contributed by atoms with Crippen LogP contribution in [0.15, 0.2) is 24.3 Å². The first-order chi connectivity index (χ1) is 10.6. The molecule has 22 heavy (non-hydrogen) atoms. The molecule has 6 heteroatoms. The molecular formula is C16H22ClNO4. The molecule has 0 aromatic heterocycles. The predicted octanol–water partition coefficient (Wildman–Crippen LogP) is 2.37. The molecule has 0 N–H and O–H groups in total. The first-order valence-corrected chi connectivity index (χ1v) is 7.79. The molecule has 1 fully saturated rings. The van der Waals surface area contributed by atoms with Crippen LogP contribution in [-0.2, 0) is 14.3 Å². The van der Waals surface area contributed by atoms with E-state index in [-0.39, 0.29) is 12.0 Å². The highest BCUT2D eigenvalue weighted by atomic mass is 35.5. The van der Waals surface area contributed by atoms with Gasteiger partial charge in [0.25, 0.3) is 5.91 Å². The molecule has 0 radical (unpaired) electrons. The molecule has 1 aromatic carbocycles. The number of benzene rings is 1. The summed E-state index contributed by atoms with van der Waals surface area (Å²) in [5, 5.41) is 0.589. The SMILES string of the molecule is COCCCOC1CN(C(=O)[C@@H](C)Oc2cccc(Cl)c2)C1. The van der Waals surface area contributed by atoms with E-state index in [1.54, 1.807) is 43.2 Å². The Balaban J connectivity index is 1.69. The van der Waals surface area contributed by atoms with Crippen molar-refractivity contribution in [3.63, 3.8) is 0 Å². The zero-order valence-electron chi connectivity index (χ0n) is 13.0. The van der Waals surface area contributed by atoms with E-state index >= 15 is 0 Å². The van der Waals surface area contributed by atoms with Crippen LogP contribution < -0.4 is 4.74 Å². The van der Waals surface area contributed by atoms with Crippen LogP contribution in [0.1, 0.15) is 13.3 Å². The quantitative estimate of drug-likeness (QED) is 0.688. The normalized spacial score (nSPS) is 16.2. The highest BCUT2D eigenvalue weighted by Gasteiger charge is 2.34. The molecule has 1 atom stereocenters. The Hall–Kier alpha value is -1.30. The minimum absolute atomic E-state index is 0.0308. The number of hydrogen-bond acceptors (Lipinski definition) is 4. The zero-order chi connectivity index (χ0) is 15.9. The standard InChI is InChI=1S/C16H22ClNO4/c1-12(22-14-6-3-5-13(17)9-14)16(19)18-10-15(11-18)21-8-4-7-20-2/h3,5-6,9,12,15H,4,7-8,10-11H2,1-2H3/t12-/m1/s1. The van der Waals surface area contributed by atoms with E-state index in [2.05, 4.69) is 0 Å². The molecule has 1 aliphatic rings. The van der Waals surface area contributed by atoms with Gasteiger partial charge in [0.05, 0.1) is 6.10 Å². The van der Waals surface area contributed by atoms with Crippen LogP contribution in [0.25, 0.3) is 0 Å². The number of methoxy groups -OCH3 is 1. The topological polar surface area (TPSA) is 48.0 Å². The second-order valence-electron chi connectivity index (χ2n) is 5.30. The van der Waals surface area contributed by atoms with Gasteiger partial charge in [-0.25, -0.2) is 0 Å². The molecule has 1 aromatic rings. The largest absolute Gasteiger partial charge is 0.481 e. The second kappa shape index (κ2) is 8.36. The van der Waals surface area contributed by atoms with Crippen molar-refractivity contribution in [2.45, 2.75) is 25.6 Å². The van der Waals surface area contributed by atoms with Crippen LogP contribution >= 0.6 is 11.6 Å². The second-order valence-corrected chi connectivity index (χ2v) is 5.74. The number of likely N-dealkylation sites (tertiary alicyclic amines) is 1. The van der Waals surface area contributed by atoms with E-state index in [1.807, 2.05) is 0 Å².